The van der Waals surface area contributed by atoms with Crippen molar-refractivity contribution in [3.63, 3.8) is 0 Å². The molecule has 0 fully saturated rings. The van der Waals surface area contributed by atoms with Crippen molar-refractivity contribution in [1.82, 2.24) is 0 Å². The third-order valence-electron chi connectivity index (χ3n) is 8.20. The lowest BCUT2D eigenvalue weighted by atomic mass is 9.91. The Bertz CT molecular complexity index is 2100. The largest absolute Gasteiger partial charge is 0.310 e. The van der Waals surface area contributed by atoms with E-state index in [1.54, 1.807) is 6.08 Å². The Hall–Kier alpha value is -5.90. The fourth-order valence-electron chi connectivity index (χ4n) is 6.62. The summed E-state index contributed by atoms with van der Waals surface area (Å²) >= 11 is 0. The highest BCUT2D eigenvalue weighted by atomic mass is 15.1. The predicted octanol–water partition coefficient (Wildman–Crippen LogP) is 10.0. The van der Waals surface area contributed by atoms with Crippen LogP contribution in [0.4, 0.5) is 17.1 Å². The number of hydrogen-bond donors (Lipinski definition) is 0. The predicted molar refractivity (Wildman–Crippen MR) is 167 cm³/mol. The third kappa shape index (κ3) is 3.24. The molecule has 0 spiro atoms. The van der Waals surface area contributed by atoms with E-state index in [0.717, 1.165) is 50.4 Å². The molecule has 0 aliphatic heterocycles. The molecule has 41 heavy (non-hydrogen) atoms. The molecule has 0 amide bonds. The second-order valence-electron chi connectivity index (χ2n) is 10.3. The summed E-state index contributed by atoms with van der Waals surface area (Å²) in [6, 6.07) is 46.7. The lowest BCUT2D eigenvalue weighted by molar-refractivity contribution is 1.29. The molecule has 3 nitrogen and oxygen atoms in total. The molecule has 8 rings (SSSR count). The standard InChI is InChI=1S/C38H21N3/c39-22-24(23-40)19-25-20-32-29-16-8-10-18-31(29)36-34(41(26-11-3-1-4-12-26)27-13-5-2-6-14-27)21-33-28-15-7-9-17-30(28)35(25)37(33)38(32)36/h1-21H. The van der Waals surface area contributed by atoms with Crippen molar-refractivity contribution in [2.24, 2.45) is 0 Å². The maximum Gasteiger partial charge on any atom is 0.130 e. The van der Waals surface area contributed by atoms with E-state index >= 15 is 0 Å². The second kappa shape index (κ2) is 8.82. The van der Waals surface area contributed by atoms with Gasteiger partial charge in [0.05, 0.1) is 5.69 Å². The van der Waals surface area contributed by atoms with E-state index in [2.05, 4.69) is 126 Å². The molecule has 0 saturated heterocycles. The molecule has 0 atom stereocenters. The molecular formula is C38H21N3. The molecule has 6 aromatic carbocycles. The van der Waals surface area contributed by atoms with Crippen LogP contribution >= 0.6 is 0 Å². The van der Waals surface area contributed by atoms with Crippen LogP contribution in [0.25, 0.3) is 61.4 Å². The van der Waals surface area contributed by atoms with E-state index in [1.807, 2.05) is 12.1 Å². The van der Waals surface area contributed by atoms with Gasteiger partial charge in [0.1, 0.15) is 17.7 Å². The van der Waals surface area contributed by atoms with E-state index in [9.17, 15) is 10.5 Å². The molecule has 0 bridgehead atoms. The number of rotatable bonds is 4. The average molecular weight is 520 g/mol. The molecule has 0 radical (unpaired) electrons. The lowest BCUT2D eigenvalue weighted by Gasteiger charge is -2.28. The number of nitriles is 2. The average Bonchev–Trinajstić information content (AvgIpc) is 3.54. The molecular weight excluding hydrogens is 498 g/mol. The van der Waals surface area contributed by atoms with Gasteiger partial charge in [0.25, 0.3) is 0 Å². The van der Waals surface area contributed by atoms with Crippen LogP contribution in [0, 0.1) is 22.7 Å². The summed E-state index contributed by atoms with van der Waals surface area (Å²) in [4.78, 5) is 2.36. The fraction of sp³-hybridized carbons (Fsp3) is 0. The Kier molecular flexibility index (Phi) is 4.95. The molecule has 3 heteroatoms. The summed E-state index contributed by atoms with van der Waals surface area (Å²) in [6.45, 7) is 0. The van der Waals surface area contributed by atoms with Crippen LogP contribution in [0.1, 0.15) is 5.56 Å². The van der Waals surface area contributed by atoms with Crippen molar-refractivity contribution in [2.45, 2.75) is 0 Å². The van der Waals surface area contributed by atoms with Gasteiger partial charge in [-0.3, -0.25) is 0 Å². The van der Waals surface area contributed by atoms with Crippen LogP contribution in [-0.2, 0) is 0 Å². The SMILES string of the molecule is N#CC(C#N)=Cc1cc2c3c(c(N(c4ccccc4)c4ccccc4)cc4c3c1-c1ccccc1-4)-c1ccccc1-2. The van der Waals surface area contributed by atoms with Gasteiger partial charge in [-0.15, -0.1) is 0 Å². The van der Waals surface area contributed by atoms with E-state index in [0.29, 0.717) is 0 Å². The van der Waals surface area contributed by atoms with Crippen molar-refractivity contribution in [3.8, 4) is 56.6 Å². The van der Waals surface area contributed by atoms with Gasteiger partial charge in [0.15, 0.2) is 0 Å². The summed E-state index contributed by atoms with van der Waals surface area (Å²) in [6.07, 6.45) is 1.74. The Labute approximate surface area is 238 Å². The van der Waals surface area contributed by atoms with E-state index in [1.165, 1.54) is 27.5 Å². The summed E-state index contributed by atoms with van der Waals surface area (Å²) in [5, 5.41) is 21.7. The van der Waals surface area contributed by atoms with Gasteiger partial charge in [-0.25, -0.2) is 0 Å². The summed E-state index contributed by atoms with van der Waals surface area (Å²) < 4.78 is 0. The zero-order valence-corrected chi connectivity index (χ0v) is 22.0. The first kappa shape index (κ1) is 23.0. The Morgan fingerprint density at radius 3 is 1.54 bits per heavy atom. The topological polar surface area (TPSA) is 50.8 Å². The highest BCUT2D eigenvalue weighted by Gasteiger charge is 2.34. The molecule has 0 unspecified atom stereocenters. The molecule has 2 aliphatic carbocycles. The molecule has 0 N–H and O–H groups in total. The molecule has 0 saturated carbocycles. The fourth-order valence-corrected chi connectivity index (χ4v) is 6.62. The number of para-hydroxylation sites is 2. The van der Waals surface area contributed by atoms with Crippen LogP contribution in [-0.4, -0.2) is 0 Å². The van der Waals surface area contributed by atoms with Crippen molar-refractivity contribution < 1.29 is 0 Å². The number of fused-ring (bicyclic) bond motifs is 6. The van der Waals surface area contributed by atoms with Crippen LogP contribution < -0.4 is 4.90 Å². The Balaban J connectivity index is 1.57. The summed E-state index contributed by atoms with van der Waals surface area (Å²) in [5.74, 6) is 0. The van der Waals surface area contributed by atoms with E-state index in [4.69, 9.17) is 0 Å². The maximum absolute atomic E-state index is 9.63. The molecule has 0 aromatic heterocycles. The van der Waals surface area contributed by atoms with Crippen molar-refractivity contribution in [3.05, 3.63) is 132 Å². The smallest absolute Gasteiger partial charge is 0.130 e. The Morgan fingerprint density at radius 2 is 0.976 bits per heavy atom. The van der Waals surface area contributed by atoms with Gasteiger partial charge in [-0.1, -0.05) is 84.9 Å². The van der Waals surface area contributed by atoms with Crippen molar-refractivity contribution >= 4 is 33.9 Å². The third-order valence-corrected chi connectivity index (χ3v) is 8.20. The first-order valence-electron chi connectivity index (χ1n) is 13.6. The minimum absolute atomic E-state index is 0.0983. The summed E-state index contributed by atoms with van der Waals surface area (Å²) in [7, 11) is 0. The normalized spacial score (nSPS) is 11.4. The Morgan fingerprint density at radius 1 is 0.512 bits per heavy atom. The van der Waals surface area contributed by atoms with Crippen LogP contribution in [0.15, 0.2) is 127 Å². The molecule has 2 aliphatic rings. The first-order valence-corrected chi connectivity index (χ1v) is 13.6. The van der Waals surface area contributed by atoms with Crippen LogP contribution in [0.2, 0.25) is 0 Å². The molecule has 188 valence electrons. The second-order valence-corrected chi connectivity index (χ2v) is 10.3. The minimum Gasteiger partial charge on any atom is -0.310 e. The summed E-state index contributed by atoms with van der Waals surface area (Å²) in [5.41, 5.74) is 13.5. The zero-order valence-electron chi connectivity index (χ0n) is 22.0. The van der Waals surface area contributed by atoms with Gasteiger partial charge in [-0.2, -0.15) is 10.5 Å². The number of nitrogens with zero attached hydrogens (tertiary/aromatic N) is 3. The van der Waals surface area contributed by atoms with Crippen molar-refractivity contribution in [1.29, 1.82) is 10.5 Å². The van der Waals surface area contributed by atoms with Gasteiger partial charge in [-0.05, 0) is 92.4 Å². The lowest BCUT2D eigenvalue weighted by Crippen LogP contribution is -2.11. The quantitative estimate of drug-likeness (QED) is 0.217. The molecule has 0 heterocycles. The molecule has 6 aromatic rings. The van der Waals surface area contributed by atoms with Gasteiger partial charge < -0.3 is 4.90 Å². The van der Waals surface area contributed by atoms with Gasteiger partial charge in [0, 0.05) is 22.3 Å². The first-order chi connectivity index (χ1) is 20.3. The van der Waals surface area contributed by atoms with E-state index < -0.39 is 0 Å². The van der Waals surface area contributed by atoms with E-state index in [-0.39, 0.29) is 5.57 Å². The van der Waals surface area contributed by atoms with Crippen LogP contribution in [0.5, 0.6) is 0 Å². The highest BCUT2D eigenvalue weighted by Crippen LogP contribution is 2.61. The van der Waals surface area contributed by atoms with Gasteiger partial charge in [0.2, 0.25) is 0 Å². The van der Waals surface area contributed by atoms with Crippen LogP contribution in [0.3, 0.4) is 0 Å². The number of allylic oxidation sites excluding steroid dienone is 1. The zero-order chi connectivity index (χ0) is 27.5. The number of anilines is 3. The minimum atomic E-state index is 0.0983. The van der Waals surface area contributed by atoms with Gasteiger partial charge >= 0.3 is 0 Å². The van der Waals surface area contributed by atoms with Crippen molar-refractivity contribution in [2.75, 3.05) is 4.90 Å². The number of benzene rings is 6. The maximum atomic E-state index is 9.63. The monoisotopic (exact) mass is 519 g/mol. The number of hydrogen-bond acceptors (Lipinski definition) is 3. The highest BCUT2D eigenvalue weighted by molar-refractivity contribution is 6.30.